The minimum absolute atomic E-state index is 0.00555. The zero-order valence-corrected chi connectivity index (χ0v) is 10.7. The number of nitrogens with two attached hydrogens (primary N) is 1. The molecule has 2 atom stereocenters. The molecule has 1 aliphatic heterocycles. The van der Waals surface area contributed by atoms with Crippen LogP contribution in [0.5, 0.6) is 0 Å². The average Bonchev–Trinajstić information content (AvgIpc) is 2.68. The molecule has 1 amide bonds. The van der Waals surface area contributed by atoms with Crippen molar-refractivity contribution < 1.29 is 4.79 Å². The molecule has 0 aliphatic carbocycles. The van der Waals surface area contributed by atoms with Crippen molar-refractivity contribution in [1.82, 2.24) is 4.90 Å². The molecule has 1 saturated heterocycles. The van der Waals surface area contributed by atoms with Gasteiger partial charge < -0.3 is 10.6 Å². The van der Waals surface area contributed by atoms with Crippen molar-refractivity contribution in [3.63, 3.8) is 0 Å². The molecule has 1 heterocycles. The second-order valence-electron chi connectivity index (χ2n) is 4.63. The van der Waals surface area contributed by atoms with Gasteiger partial charge in [-0.05, 0) is 18.1 Å². The SMILES string of the molecule is CC(C)C(N)CC(=O)N(C)C1CCSC1. The van der Waals surface area contributed by atoms with Gasteiger partial charge in [-0.25, -0.2) is 0 Å². The van der Waals surface area contributed by atoms with Crippen molar-refractivity contribution in [1.29, 1.82) is 0 Å². The van der Waals surface area contributed by atoms with Gasteiger partial charge in [0.05, 0.1) is 0 Å². The number of hydrogen-bond acceptors (Lipinski definition) is 3. The molecule has 0 spiro atoms. The third-order valence-corrected chi connectivity index (χ3v) is 4.26. The van der Waals surface area contributed by atoms with Gasteiger partial charge in [0.2, 0.25) is 5.91 Å². The Hall–Kier alpha value is -0.220. The number of rotatable bonds is 4. The van der Waals surface area contributed by atoms with Crippen LogP contribution in [0, 0.1) is 5.92 Å². The Kier molecular flexibility index (Phi) is 4.93. The van der Waals surface area contributed by atoms with Crippen LogP contribution >= 0.6 is 11.8 Å². The quantitative estimate of drug-likeness (QED) is 0.792. The minimum atomic E-state index is -0.00555. The highest BCUT2D eigenvalue weighted by molar-refractivity contribution is 7.99. The first-order chi connectivity index (χ1) is 7.02. The smallest absolute Gasteiger partial charge is 0.224 e. The molecule has 0 aromatic rings. The van der Waals surface area contributed by atoms with Gasteiger partial charge >= 0.3 is 0 Å². The van der Waals surface area contributed by atoms with Gasteiger partial charge in [-0.1, -0.05) is 13.8 Å². The van der Waals surface area contributed by atoms with E-state index >= 15 is 0 Å². The van der Waals surface area contributed by atoms with Crippen molar-refractivity contribution in [2.75, 3.05) is 18.6 Å². The summed E-state index contributed by atoms with van der Waals surface area (Å²) in [5.74, 6) is 2.83. The summed E-state index contributed by atoms with van der Waals surface area (Å²) in [5, 5.41) is 0. The van der Waals surface area contributed by atoms with E-state index in [1.165, 1.54) is 5.75 Å². The van der Waals surface area contributed by atoms with Crippen molar-refractivity contribution in [3.05, 3.63) is 0 Å². The monoisotopic (exact) mass is 230 g/mol. The Bertz CT molecular complexity index is 215. The highest BCUT2D eigenvalue weighted by atomic mass is 32.2. The zero-order chi connectivity index (χ0) is 11.4. The summed E-state index contributed by atoms with van der Waals surface area (Å²) in [5.41, 5.74) is 5.90. The van der Waals surface area contributed by atoms with Crippen LogP contribution in [-0.4, -0.2) is 41.4 Å². The van der Waals surface area contributed by atoms with Crippen LogP contribution < -0.4 is 5.73 Å². The predicted octanol–water partition coefficient (Wildman–Crippen LogP) is 1.32. The number of carbonyl (C=O) groups is 1. The van der Waals surface area contributed by atoms with Gasteiger partial charge in [0.25, 0.3) is 0 Å². The summed E-state index contributed by atoms with van der Waals surface area (Å²) >= 11 is 1.93. The number of amides is 1. The third kappa shape index (κ3) is 3.68. The molecular weight excluding hydrogens is 208 g/mol. The molecule has 3 nitrogen and oxygen atoms in total. The van der Waals surface area contributed by atoms with Crippen LogP contribution in [0.25, 0.3) is 0 Å². The van der Waals surface area contributed by atoms with Crippen LogP contribution in [0.1, 0.15) is 26.7 Å². The van der Waals surface area contributed by atoms with E-state index in [0.717, 1.165) is 12.2 Å². The maximum absolute atomic E-state index is 11.9. The van der Waals surface area contributed by atoms with Crippen LogP contribution in [0.3, 0.4) is 0 Å². The Labute approximate surface area is 96.8 Å². The van der Waals surface area contributed by atoms with Crippen molar-refractivity contribution >= 4 is 17.7 Å². The summed E-state index contributed by atoms with van der Waals surface area (Å²) in [6.45, 7) is 4.12. The fraction of sp³-hybridized carbons (Fsp3) is 0.909. The first kappa shape index (κ1) is 12.8. The molecule has 0 saturated carbocycles. The molecule has 1 aliphatic rings. The summed E-state index contributed by atoms with van der Waals surface area (Å²) < 4.78 is 0. The van der Waals surface area contributed by atoms with E-state index in [0.29, 0.717) is 18.4 Å². The average molecular weight is 230 g/mol. The first-order valence-electron chi connectivity index (χ1n) is 5.61. The minimum Gasteiger partial charge on any atom is -0.342 e. The van der Waals surface area contributed by atoms with Crippen LogP contribution in [0.2, 0.25) is 0 Å². The maximum Gasteiger partial charge on any atom is 0.224 e. The summed E-state index contributed by atoms with van der Waals surface area (Å²) in [6.07, 6.45) is 1.61. The molecule has 0 aromatic carbocycles. The molecule has 0 bridgehead atoms. The molecule has 2 unspecified atom stereocenters. The van der Waals surface area contributed by atoms with E-state index in [2.05, 4.69) is 13.8 Å². The Morgan fingerprint density at radius 1 is 1.60 bits per heavy atom. The van der Waals surface area contributed by atoms with E-state index in [9.17, 15) is 4.79 Å². The first-order valence-corrected chi connectivity index (χ1v) is 6.76. The lowest BCUT2D eigenvalue weighted by Crippen LogP contribution is -2.41. The highest BCUT2D eigenvalue weighted by Gasteiger charge is 2.25. The van der Waals surface area contributed by atoms with E-state index in [-0.39, 0.29) is 11.9 Å². The highest BCUT2D eigenvalue weighted by Crippen LogP contribution is 2.22. The lowest BCUT2D eigenvalue weighted by Gasteiger charge is -2.26. The number of nitrogens with zero attached hydrogens (tertiary/aromatic N) is 1. The lowest BCUT2D eigenvalue weighted by molar-refractivity contribution is -0.132. The Morgan fingerprint density at radius 3 is 2.73 bits per heavy atom. The second-order valence-corrected chi connectivity index (χ2v) is 5.78. The fourth-order valence-electron chi connectivity index (χ4n) is 1.61. The van der Waals surface area contributed by atoms with Gasteiger partial charge in [-0.2, -0.15) is 11.8 Å². The Balaban J connectivity index is 2.38. The molecule has 2 N–H and O–H groups in total. The van der Waals surface area contributed by atoms with Gasteiger partial charge in [0.15, 0.2) is 0 Å². The summed E-state index contributed by atoms with van der Waals surface area (Å²) in [6, 6.07) is 0.427. The lowest BCUT2D eigenvalue weighted by atomic mass is 10.0. The van der Waals surface area contributed by atoms with E-state index in [1.807, 2.05) is 23.7 Å². The standard InChI is InChI=1S/C11H22N2OS/c1-8(2)10(12)6-11(14)13(3)9-4-5-15-7-9/h8-10H,4-7,12H2,1-3H3. The zero-order valence-electron chi connectivity index (χ0n) is 9.90. The van der Waals surface area contributed by atoms with Crippen molar-refractivity contribution in [2.45, 2.75) is 38.8 Å². The number of thioether (sulfide) groups is 1. The molecule has 0 aromatic heterocycles. The largest absolute Gasteiger partial charge is 0.342 e. The molecule has 15 heavy (non-hydrogen) atoms. The van der Waals surface area contributed by atoms with E-state index in [4.69, 9.17) is 5.73 Å². The summed E-state index contributed by atoms with van der Waals surface area (Å²) in [7, 11) is 1.91. The van der Waals surface area contributed by atoms with Gasteiger partial charge in [-0.15, -0.1) is 0 Å². The van der Waals surface area contributed by atoms with Gasteiger partial charge in [0, 0.05) is 31.3 Å². The molecule has 88 valence electrons. The summed E-state index contributed by atoms with van der Waals surface area (Å²) in [4.78, 5) is 13.8. The molecule has 4 heteroatoms. The van der Waals surface area contributed by atoms with Crippen LogP contribution in [0.15, 0.2) is 0 Å². The normalized spacial score (nSPS) is 23.1. The molecule has 1 rings (SSSR count). The van der Waals surface area contributed by atoms with Gasteiger partial charge in [0.1, 0.15) is 0 Å². The van der Waals surface area contributed by atoms with Crippen LogP contribution in [-0.2, 0) is 4.79 Å². The van der Waals surface area contributed by atoms with Gasteiger partial charge in [-0.3, -0.25) is 4.79 Å². The predicted molar refractivity (Wildman–Crippen MR) is 65.9 cm³/mol. The molecule has 0 radical (unpaired) electrons. The van der Waals surface area contributed by atoms with E-state index in [1.54, 1.807) is 0 Å². The topological polar surface area (TPSA) is 46.3 Å². The molecular formula is C11H22N2OS. The van der Waals surface area contributed by atoms with Crippen molar-refractivity contribution in [2.24, 2.45) is 11.7 Å². The number of hydrogen-bond donors (Lipinski definition) is 1. The van der Waals surface area contributed by atoms with Crippen molar-refractivity contribution in [3.8, 4) is 0 Å². The van der Waals surface area contributed by atoms with E-state index < -0.39 is 0 Å². The molecule has 1 fully saturated rings. The van der Waals surface area contributed by atoms with Crippen LogP contribution in [0.4, 0.5) is 0 Å². The third-order valence-electron chi connectivity index (χ3n) is 3.11. The fourth-order valence-corrected chi connectivity index (χ4v) is 2.88. The second kappa shape index (κ2) is 5.75. The number of carbonyl (C=O) groups excluding carboxylic acids is 1. The maximum atomic E-state index is 11.9. The Morgan fingerprint density at radius 2 is 2.27 bits per heavy atom.